The van der Waals surface area contributed by atoms with Crippen LogP contribution in [0.15, 0.2) is 10.5 Å². The molecule has 1 amide bonds. The number of hydrogen-bond donors (Lipinski definition) is 1. The molecule has 2 unspecified atom stereocenters. The van der Waals surface area contributed by atoms with Gasteiger partial charge in [0.05, 0.1) is 18.8 Å². The average molecular weight is 281 g/mol. The first-order chi connectivity index (χ1) is 9.45. The van der Waals surface area contributed by atoms with E-state index in [0.29, 0.717) is 25.3 Å². The van der Waals surface area contributed by atoms with E-state index in [9.17, 15) is 9.59 Å². The Morgan fingerprint density at radius 2 is 2.15 bits per heavy atom. The number of aryl methyl sites for hydroxylation is 1. The third-order valence-electron chi connectivity index (χ3n) is 3.72. The molecule has 1 aromatic rings. The van der Waals surface area contributed by atoms with Crippen LogP contribution in [0.5, 0.6) is 0 Å². The molecule has 1 aromatic heterocycles. The van der Waals surface area contributed by atoms with Crippen LogP contribution in [0.3, 0.4) is 0 Å². The molecule has 2 rings (SSSR count). The Hall–Kier alpha value is -1.82. The normalized spacial score (nSPS) is 22.9. The van der Waals surface area contributed by atoms with Crippen molar-refractivity contribution in [3.05, 3.63) is 23.2 Å². The second-order valence-corrected chi connectivity index (χ2v) is 4.92. The number of rotatable bonds is 3. The first-order valence-electron chi connectivity index (χ1n) is 6.74. The lowest BCUT2D eigenvalue weighted by Crippen LogP contribution is -2.51. The Balaban J connectivity index is 2.27. The number of nitrogens with zero attached hydrogens (tertiary/aromatic N) is 1. The predicted molar refractivity (Wildman–Crippen MR) is 71.0 cm³/mol. The number of carboxylic acid groups (broad SMARTS) is 1. The van der Waals surface area contributed by atoms with Crippen LogP contribution in [-0.2, 0) is 11.2 Å². The van der Waals surface area contributed by atoms with Crippen LogP contribution in [0.25, 0.3) is 0 Å². The van der Waals surface area contributed by atoms with Crippen molar-refractivity contribution in [2.75, 3.05) is 13.2 Å². The van der Waals surface area contributed by atoms with Crippen LogP contribution in [0.1, 0.15) is 47.4 Å². The summed E-state index contributed by atoms with van der Waals surface area (Å²) in [6.07, 6.45) is 0.386. The van der Waals surface area contributed by atoms with Crippen LogP contribution in [0.4, 0.5) is 0 Å². The summed E-state index contributed by atoms with van der Waals surface area (Å²) >= 11 is 0. The fourth-order valence-corrected chi connectivity index (χ4v) is 2.34. The Morgan fingerprint density at radius 3 is 2.70 bits per heavy atom. The first-order valence-corrected chi connectivity index (χ1v) is 6.74. The van der Waals surface area contributed by atoms with Crippen LogP contribution in [0.2, 0.25) is 0 Å². The standard InChI is InChI=1S/C14H19NO5/c1-4-11-10(14(17)18)7-12(20-11)13(16)15-5-6-19-9(3)8(15)2/h7-9H,4-6H2,1-3H3,(H,17,18). The summed E-state index contributed by atoms with van der Waals surface area (Å²) < 4.78 is 10.9. The van der Waals surface area contributed by atoms with Crippen LogP contribution < -0.4 is 0 Å². The molecule has 6 heteroatoms. The van der Waals surface area contributed by atoms with Crippen molar-refractivity contribution < 1.29 is 23.8 Å². The van der Waals surface area contributed by atoms with E-state index < -0.39 is 5.97 Å². The van der Waals surface area contributed by atoms with E-state index in [-0.39, 0.29) is 29.4 Å². The van der Waals surface area contributed by atoms with E-state index in [4.69, 9.17) is 14.3 Å². The van der Waals surface area contributed by atoms with Gasteiger partial charge < -0.3 is 19.2 Å². The predicted octanol–water partition coefficient (Wildman–Crippen LogP) is 1.79. The van der Waals surface area contributed by atoms with Crippen molar-refractivity contribution in [3.8, 4) is 0 Å². The summed E-state index contributed by atoms with van der Waals surface area (Å²) in [7, 11) is 0. The topological polar surface area (TPSA) is 80.0 Å². The molecule has 1 aliphatic rings. The molecule has 0 aliphatic carbocycles. The lowest BCUT2D eigenvalue weighted by Gasteiger charge is -2.37. The molecule has 2 atom stereocenters. The summed E-state index contributed by atoms with van der Waals surface area (Å²) in [6, 6.07) is 1.25. The number of hydrogen-bond acceptors (Lipinski definition) is 4. The summed E-state index contributed by atoms with van der Waals surface area (Å²) in [6.45, 7) is 6.56. The van der Waals surface area contributed by atoms with Crippen molar-refractivity contribution in [3.63, 3.8) is 0 Å². The van der Waals surface area contributed by atoms with E-state index in [2.05, 4.69) is 0 Å². The van der Waals surface area contributed by atoms with Crippen molar-refractivity contribution in [1.29, 1.82) is 0 Å². The Bertz CT molecular complexity index is 522. The highest BCUT2D eigenvalue weighted by Gasteiger charge is 2.32. The van der Waals surface area contributed by atoms with Crippen molar-refractivity contribution >= 4 is 11.9 Å². The van der Waals surface area contributed by atoms with Gasteiger partial charge in [0.15, 0.2) is 5.76 Å². The van der Waals surface area contributed by atoms with Crippen LogP contribution in [-0.4, -0.2) is 47.2 Å². The minimum Gasteiger partial charge on any atom is -0.478 e. The second-order valence-electron chi connectivity index (χ2n) is 4.92. The van der Waals surface area contributed by atoms with Crippen molar-refractivity contribution in [1.82, 2.24) is 4.90 Å². The molecule has 1 fully saturated rings. The largest absolute Gasteiger partial charge is 0.478 e. The van der Waals surface area contributed by atoms with E-state index in [1.165, 1.54) is 6.07 Å². The van der Waals surface area contributed by atoms with Gasteiger partial charge in [-0.3, -0.25) is 4.79 Å². The van der Waals surface area contributed by atoms with Gasteiger partial charge in [0, 0.05) is 19.0 Å². The smallest absolute Gasteiger partial charge is 0.339 e. The second kappa shape index (κ2) is 5.66. The Kier molecular flexibility index (Phi) is 4.13. The third kappa shape index (κ3) is 2.56. The first kappa shape index (κ1) is 14.6. The summed E-state index contributed by atoms with van der Waals surface area (Å²) in [4.78, 5) is 25.2. The molecule has 1 saturated heterocycles. The molecule has 0 spiro atoms. The Labute approximate surface area is 117 Å². The number of ether oxygens (including phenoxy) is 1. The zero-order valence-electron chi connectivity index (χ0n) is 11.9. The lowest BCUT2D eigenvalue weighted by atomic mass is 10.1. The number of furan rings is 1. The molecule has 6 nitrogen and oxygen atoms in total. The minimum absolute atomic E-state index is 0.0488. The average Bonchev–Trinajstić information content (AvgIpc) is 2.85. The fourth-order valence-electron chi connectivity index (χ4n) is 2.34. The molecule has 0 bridgehead atoms. The van der Waals surface area contributed by atoms with Gasteiger partial charge in [0.25, 0.3) is 5.91 Å². The van der Waals surface area contributed by atoms with E-state index >= 15 is 0 Å². The number of amides is 1. The van der Waals surface area contributed by atoms with Gasteiger partial charge in [-0.1, -0.05) is 6.92 Å². The van der Waals surface area contributed by atoms with Crippen molar-refractivity contribution in [2.45, 2.75) is 39.3 Å². The maximum Gasteiger partial charge on any atom is 0.339 e. The third-order valence-corrected chi connectivity index (χ3v) is 3.72. The summed E-state index contributed by atoms with van der Waals surface area (Å²) in [5, 5.41) is 9.09. The van der Waals surface area contributed by atoms with Gasteiger partial charge in [-0.25, -0.2) is 4.79 Å². The molecule has 110 valence electrons. The van der Waals surface area contributed by atoms with E-state index in [0.717, 1.165) is 0 Å². The SMILES string of the molecule is CCc1oc(C(=O)N2CCOC(C)C2C)cc1C(=O)O. The van der Waals surface area contributed by atoms with Crippen molar-refractivity contribution in [2.24, 2.45) is 0 Å². The van der Waals surface area contributed by atoms with Gasteiger partial charge >= 0.3 is 5.97 Å². The molecular formula is C14H19NO5. The highest BCUT2D eigenvalue weighted by atomic mass is 16.5. The molecule has 20 heavy (non-hydrogen) atoms. The van der Waals surface area contributed by atoms with Crippen LogP contribution >= 0.6 is 0 Å². The zero-order chi connectivity index (χ0) is 14.9. The number of carbonyl (C=O) groups excluding carboxylic acids is 1. The lowest BCUT2D eigenvalue weighted by molar-refractivity contribution is -0.0449. The van der Waals surface area contributed by atoms with Gasteiger partial charge in [0.2, 0.25) is 0 Å². The number of aromatic carboxylic acids is 1. The molecular weight excluding hydrogens is 262 g/mol. The quantitative estimate of drug-likeness (QED) is 0.913. The number of carboxylic acids is 1. The summed E-state index contributed by atoms with van der Waals surface area (Å²) in [5.74, 6) is -0.946. The molecule has 1 aliphatic heterocycles. The Morgan fingerprint density at radius 1 is 1.45 bits per heavy atom. The molecule has 0 saturated carbocycles. The molecule has 1 N–H and O–H groups in total. The summed E-state index contributed by atoms with van der Waals surface area (Å²) in [5.41, 5.74) is 0.0600. The monoisotopic (exact) mass is 281 g/mol. The highest BCUT2D eigenvalue weighted by molar-refractivity contribution is 5.96. The number of morpholine rings is 1. The minimum atomic E-state index is -1.08. The van der Waals surface area contributed by atoms with E-state index in [1.807, 2.05) is 13.8 Å². The van der Waals surface area contributed by atoms with Gasteiger partial charge in [0.1, 0.15) is 11.3 Å². The molecule has 2 heterocycles. The van der Waals surface area contributed by atoms with Gasteiger partial charge in [-0.15, -0.1) is 0 Å². The fraction of sp³-hybridized carbons (Fsp3) is 0.571. The zero-order valence-corrected chi connectivity index (χ0v) is 11.9. The highest BCUT2D eigenvalue weighted by Crippen LogP contribution is 2.21. The van der Waals surface area contributed by atoms with Crippen LogP contribution in [0, 0.1) is 0 Å². The van der Waals surface area contributed by atoms with Gasteiger partial charge in [-0.05, 0) is 13.8 Å². The maximum atomic E-state index is 12.4. The van der Waals surface area contributed by atoms with Gasteiger partial charge in [-0.2, -0.15) is 0 Å². The maximum absolute atomic E-state index is 12.4. The van der Waals surface area contributed by atoms with E-state index in [1.54, 1.807) is 11.8 Å². The number of carbonyl (C=O) groups is 2. The molecule has 0 aromatic carbocycles. The molecule has 0 radical (unpaired) electrons.